The van der Waals surface area contributed by atoms with Crippen molar-refractivity contribution in [3.63, 3.8) is 0 Å². The molecule has 1 amide bonds. The highest BCUT2D eigenvalue weighted by molar-refractivity contribution is 5.93. The monoisotopic (exact) mass is 397 g/mol. The van der Waals surface area contributed by atoms with Crippen LogP contribution in [-0.2, 0) is 9.59 Å². The summed E-state index contributed by atoms with van der Waals surface area (Å²) in [5.41, 5.74) is 4.28. The van der Waals surface area contributed by atoms with E-state index in [1.807, 2.05) is 25.8 Å². The van der Waals surface area contributed by atoms with Crippen molar-refractivity contribution in [3.05, 3.63) is 28.8 Å². The Morgan fingerprint density at radius 1 is 1.19 bits per heavy atom. The average Bonchev–Trinajstić information content (AvgIpc) is 2.76. The average molecular weight is 398 g/mol. The lowest BCUT2D eigenvalue weighted by molar-refractivity contribution is -0.138. The van der Waals surface area contributed by atoms with E-state index in [9.17, 15) is 9.59 Å². The van der Waals surface area contributed by atoms with Gasteiger partial charge in [0.2, 0.25) is 5.91 Å². The fourth-order valence-electron chi connectivity index (χ4n) is 3.84. The number of likely N-dealkylation sites (N-methyl/N-ethyl adjacent to an activating group) is 1. The van der Waals surface area contributed by atoms with Crippen LogP contribution in [0, 0.1) is 20.8 Å². The number of hydrogen-bond acceptors (Lipinski definition) is 4. The number of aliphatic carboxylic acids is 1. The first-order valence-electron chi connectivity index (χ1n) is 9.28. The van der Waals surface area contributed by atoms with Crippen molar-refractivity contribution in [2.75, 3.05) is 38.5 Å². The largest absolute Gasteiger partial charge is 0.480 e. The maximum atomic E-state index is 12.5. The fraction of sp³-hybridized carbons (Fsp3) is 0.600. The van der Waals surface area contributed by atoms with Gasteiger partial charge in [-0.25, -0.2) is 0 Å². The summed E-state index contributed by atoms with van der Waals surface area (Å²) in [6.45, 7) is 8.22. The number of carboxylic acid groups (broad SMARTS) is 1. The van der Waals surface area contributed by atoms with E-state index in [1.54, 1.807) is 0 Å². The third-order valence-corrected chi connectivity index (χ3v) is 5.11. The summed E-state index contributed by atoms with van der Waals surface area (Å²) in [4.78, 5) is 27.5. The van der Waals surface area contributed by atoms with Crippen LogP contribution in [0.25, 0.3) is 0 Å². The summed E-state index contributed by atoms with van der Waals surface area (Å²) < 4.78 is 0. The van der Waals surface area contributed by atoms with Gasteiger partial charge >= 0.3 is 5.97 Å². The zero-order valence-electron chi connectivity index (χ0n) is 16.7. The SMILES string of the molecule is Cc1cc(C)c(NC(=O)CN2CCCC(N(C)CC(=O)O)CC2)c(C)c1.Cl. The van der Waals surface area contributed by atoms with E-state index in [0.717, 1.165) is 49.2 Å². The number of nitrogens with one attached hydrogen (secondary N) is 1. The van der Waals surface area contributed by atoms with E-state index < -0.39 is 5.97 Å². The number of carbonyl (C=O) groups excluding carboxylic acids is 1. The Labute approximate surface area is 168 Å². The zero-order valence-corrected chi connectivity index (χ0v) is 17.6. The normalized spacial score (nSPS) is 17.9. The Morgan fingerprint density at radius 2 is 1.81 bits per heavy atom. The van der Waals surface area contributed by atoms with Gasteiger partial charge in [0.05, 0.1) is 13.1 Å². The number of amides is 1. The highest BCUT2D eigenvalue weighted by Gasteiger charge is 2.23. The van der Waals surface area contributed by atoms with Crippen LogP contribution >= 0.6 is 12.4 Å². The molecule has 0 spiro atoms. The molecular formula is C20H32ClN3O3. The second-order valence-electron chi connectivity index (χ2n) is 7.49. The molecule has 2 N–H and O–H groups in total. The van der Waals surface area contributed by atoms with Gasteiger partial charge in [0.15, 0.2) is 0 Å². The van der Waals surface area contributed by atoms with E-state index in [4.69, 9.17) is 5.11 Å². The van der Waals surface area contributed by atoms with Crippen LogP contribution in [0.1, 0.15) is 36.0 Å². The molecule has 1 aromatic carbocycles. The molecule has 1 aliphatic rings. The number of carbonyl (C=O) groups is 2. The number of benzene rings is 1. The molecule has 0 aromatic heterocycles. The molecule has 2 rings (SSSR count). The number of likely N-dealkylation sites (tertiary alicyclic amines) is 1. The predicted molar refractivity (Wildman–Crippen MR) is 111 cm³/mol. The molecule has 0 saturated carbocycles. The van der Waals surface area contributed by atoms with Crippen LogP contribution in [0.2, 0.25) is 0 Å². The molecule has 1 saturated heterocycles. The molecule has 6 nitrogen and oxygen atoms in total. The van der Waals surface area contributed by atoms with Crippen molar-refractivity contribution < 1.29 is 14.7 Å². The van der Waals surface area contributed by atoms with Gasteiger partial charge in [0.1, 0.15) is 0 Å². The third kappa shape index (κ3) is 7.13. The quantitative estimate of drug-likeness (QED) is 0.772. The van der Waals surface area contributed by atoms with Gasteiger partial charge in [0, 0.05) is 18.3 Å². The molecule has 1 atom stereocenters. The van der Waals surface area contributed by atoms with Crippen LogP contribution in [0.5, 0.6) is 0 Å². The van der Waals surface area contributed by atoms with E-state index in [0.29, 0.717) is 6.54 Å². The highest BCUT2D eigenvalue weighted by Crippen LogP contribution is 2.22. The van der Waals surface area contributed by atoms with E-state index in [-0.39, 0.29) is 30.9 Å². The lowest BCUT2D eigenvalue weighted by Crippen LogP contribution is -2.37. The van der Waals surface area contributed by atoms with E-state index in [1.165, 1.54) is 5.56 Å². The van der Waals surface area contributed by atoms with Crippen molar-refractivity contribution in [2.24, 2.45) is 0 Å². The van der Waals surface area contributed by atoms with Gasteiger partial charge in [-0.05, 0) is 64.8 Å². The molecule has 0 aliphatic carbocycles. The minimum absolute atomic E-state index is 0. The standard InChI is InChI=1S/C20H31N3O3.ClH/c1-14-10-15(2)20(16(3)11-14)21-18(24)12-23-8-5-6-17(7-9-23)22(4)13-19(25)26;/h10-11,17H,5-9,12-13H2,1-4H3,(H,21,24)(H,25,26);1H. The number of nitrogens with zero attached hydrogens (tertiary/aromatic N) is 2. The van der Waals surface area contributed by atoms with Crippen molar-refractivity contribution in [3.8, 4) is 0 Å². The minimum atomic E-state index is -0.795. The third-order valence-electron chi connectivity index (χ3n) is 5.11. The number of hydrogen-bond donors (Lipinski definition) is 2. The Balaban J connectivity index is 0.00000364. The molecule has 7 heteroatoms. The molecule has 152 valence electrons. The molecule has 1 fully saturated rings. The highest BCUT2D eigenvalue weighted by atomic mass is 35.5. The second-order valence-corrected chi connectivity index (χ2v) is 7.49. The Morgan fingerprint density at radius 3 is 2.41 bits per heavy atom. The Hall–Kier alpha value is -1.63. The summed E-state index contributed by atoms with van der Waals surface area (Å²) in [5, 5.41) is 12.0. The number of halogens is 1. The summed E-state index contributed by atoms with van der Waals surface area (Å²) >= 11 is 0. The van der Waals surface area contributed by atoms with Crippen molar-refractivity contribution in [1.29, 1.82) is 0 Å². The summed E-state index contributed by atoms with van der Waals surface area (Å²) in [7, 11) is 1.87. The van der Waals surface area contributed by atoms with Crippen LogP contribution in [0.3, 0.4) is 0 Å². The van der Waals surface area contributed by atoms with Gasteiger partial charge in [-0.15, -0.1) is 12.4 Å². The molecule has 27 heavy (non-hydrogen) atoms. The van der Waals surface area contributed by atoms with E-state index in [2.05, 4.69) is 29.3 Å². The molecule has 1 aliphatic heterocycles. The number of anilines is 1. The summed E-state index contributed by atoms with van der Waals surface area (Å²) in [6.07, 6.45) is 2.84. The van der Waals surface area contributed by atoms with Gasteiger partial charge in [-0.2, -0.15) is 0 Å². The van der Waals surface area contributed by atoms with Gasteiger partial charge in [0.25, 0.3) is 0 Å². The van der Waals surface area contributed by atoms with E-state index >= 15 is 0 Å². The van der Waals surface area contributed by atoms with Crippen molar-refractivity contribution in [2.45, 2.75) is 46.1 Å². The Bertz CT molecular complexity index is 643. The number of rotatable bonds is 6. The molecule has 1 aromatic rings. The summed E-state index contributed by atoms with van der Waals surface area (Å²) in [5.74, 6) is -0.783. The van der Waals surface area contributed by atoms with Gasteiger partial charge in [-0.3, -0.25) is 19.4 Å². The topological polar surface area (TPSA) is 72.9 Å². The van der Waals surface area contributed by atoms with Crippen LogP contribution in [0.4, 0.5) is 5.69 Å². The second kappa shape index (κ2) is 10.6. The minimum Gasteiger partial charge on any atom is -0.480 e. The van der Waals surface area contributed by atoms with Crippen LogP contribution in [-0.4, -0.2) is 66.1 Å². The van der Waals surface area contributed by atoms with Gasteiger partial charge in [-0.1, -0.05) is 17.7 Å². The maximum Gasteiger partial charge on any atom is 0.317 e. The Kier molecular flexibility index (Phi) is 9.22. The fourth-order valence-corrected chi connectivity index (χ4v) is 3.84. The zero-order chi connectivity index (χ0) is 19.3. The number of carboxylic acids is 1. The molecular weight excluding hydrogens is 366 g/mol. The van der Waals surface area contributed by atoms with Crippen LogP contribution < -0.4 is 5.32 Å². The molecule has 0 bridgehead atoms. The van der Waals surface area contributed by atoms with Crippen molar-refractivity contribution in [1.82, 2.24) is 9.80 Å². The smallest absolute Gasteiger partial charge is 0.317 e. The first-order chi connectivity index (χ1) is 12.3. The first-order valence-corrected chi connectivity index (χ1v) is 9.28. The first kappa shape index (κ1) is 23.4. The summed E-state index contributed by atoms with van der Waals surface area (Å²) in [6, 6.07) is 4.43. The lowest BCUT2D eigenvalue weighted by Gasteiger charge is -2.25. The lowest BCUT2D eigenvalue weighted by atomic mass is 10.1. The maximum absolute atomic E-state index is 12.5. The molecule has 0 radical (unpaired) electrons. The molecule has 1 heterocycles. The number of aryl methyl sites for hydroxylation is 3. The van der Waals surface area contributed by atoms with Crippen LogP contribution in [0.15, 0.2) is 12.1 Å². The van der Waals surface area contributed by atoms with Crippen molar-refractivity contribution >= 4 is 30.0 Å². The van der Waals surface area contributed by atoms with Gasteiger partial charge < -0.3 is 10.4 Å². The predicted octanol–water partition coefficient (Wildman–Crippen LogP) is 2.84. The molecule has 1 unspecified atom stereocenters.